The van der Waals surface area contributed by atoms with E-state index >= 15 is 0 Å². The van der Waals surface area contributed by atoms with E-state index in [0.29, 0.717) is 32.6 Å². The molecule has 0 radical (unpaired) electrons. The summed E-state index contributed by atoms with van der Waals surface area (Å²) in [6.07, 6.45) is 1.41. The summed E-state index contributed by atoms with van der Waals surface area (Å²) in [5.74, 6) is 0. The minimum atomic E-state index is 0.257. The zero-order valence-electron chi connectivity index (χ0n) is 8.92. The van der Waals surface area contributed by atoms with Gasteiger partial charge in [0, 0.05) is 5.56 Å². The van der Waals surface area contributed by atoms with E-state index < -0.39 is 0 Å². The lowest BCUT2D eigenvalue weighted by molar-refractivity contribution is 1.31. The minimum absolute atomic E-state index is 0.257. The van der Waals surface area contributed by atoms with Gasteiger partial charge in [0.1, 0.15) is 6.07 Å². The van der Waals surface area contributed by atoms with E-state index in [9.17, 15) is 0 Å². The van der Waals surface area contributed by atoms with Crippen molar-refractivity contribution >= 4 is 40.5 Å². The number of nitriles is 1. The Balaban J connectivity index is 2.64. The number of hydrogen-bond donors (Lipinski definition) is 1. The van der Waals surface area contributed by atoms with Crippen LogP contribution in [0.3, 0.4) is 0 Å². The van der Waals surface area contributed by atoms with E-state index in [0.717, 1.165) is 0 Å². The summed E-state index contributed by atoms with van der Waals surface area (Å²) in [6, 6.07) is 6.85. The second kappa shape index (κ2) is 5.03. The highest BCUT2D eigenvalue weighted by Crippen LogP contribution is 2.37. The van der Waals surface area contributed by atoms with Gasteiger partial charge in [-0.1, -0.05) is 34.8 Å². The molecule has 3 nitrogen and oxygen atoms in total. The third kappa shape index (κ3) is 2.23. The number of nitrogens with zero attached hydrogens (tertiary/aromatic N) is 2. The standard InChI is InChI=1S/C12H6Cl3N3/c13-8-2-1-7(11(14)12(8)15)10-3-6(4-16)9(17)5-18-10/h1-3,5H,17H2. The molecule has 6 heteroatoms. The Labute approximate surface area is 119 Å². The number of benzene rings is 1. The molecule has 0 saturated heterocycles. The van der Waals surface area contributed by atoms with Crippen LogP contribution in [-0.2, 0) is 0 Å². The average molecular weight is 299 g/mol. The molecule has 0 amide bonds. The minimum Gasteiger partial charge on any atom is -0.396 e. The lowest BCUT2D eigenvalue weighted by atomic mass is 10.1. The molecule has 18 heavy (non-hydrogen) atoms. The van der Waals surface area contributed by atoms with Crippen LogP contribution in [0.25, 0.3) is 11.3 Å². The van der Waals surface area contributed by atoms with Gasteiger partial charge in [-0.05, 0) is 18.2 Å². The molecule has 1 heterocycles. The van der Waals surface area contributed by atoms with Crippen LogP contribution in [0.4, 0.5) is 5.69 Å². The molecule has 1 aromatic heterocycles. The van der Waals surface area contributed by atoms with Crippen LogP contribution < -0.4 is 5.73 Å². The second-order valence-electron chi connectivity index (χ2n) is 3.49. The average Bonchev–Trinajstić information content (AvgIpc) is 2.37. The van der Waals surface area contributed by atoms with Crippen LogP contribution in [0.5, 0.6) is 0 Å². The summed E-state index contributed by atoms with van der Waals surface area (Å²) in [4.78, 5) is 4.13. The first-order valence-corrected chi connectivity index (χ1v) is 5.97. The Morgan fingerprint density at radius 2 is 1.89 bits per heavy atom. The lowest BCUT2D eigenvalue weighted by Gasteiger charge is -2.07. The van der Waals surface area contributed by atoms with Crippen LogP contribution >= 0.6 is 34.8 Å². The fraction of sp³-hybridized carbons (Fsp3) is 0. The highest BCUT2D eigenvalue weighted by atomic mass is 35.5. The van der Waals surface area contributed by atoms with Gasteiger partial charge in [-0.2, -0.15) is 5.26 Å². The highest BCUT2D eigenvalue weighted by Gasteiger charge is 2.12. The maximum atomic E-state index is 8.92. The van der Waals surface area contributed by atoms with E-state index in [4.69, 9.17) is 45.8 Å². The highest BCUT2D eigenvalue weighted by molar-refractivity contribution is 6.49. The van der Waals surface area contributed by atoms with Crippen molar-refractivity contribution in [3.05, 3.63) is 45.0 Å². The molecule has 0 aliphatic carbocycles. The van der Waals surface area contributed by atoms with Gasteiger partial charge in [0.15, 0.2) is 0 Å². The Morgan fingerprint density at radius 3 is 2.56 bits per heavy atom. The largest absolute Gasteiger partial charge is 0.396 e. The molecule has 0 fully saturated rings. The summed E-state index contributed by atoms with van der Waals surface area (Å²) in [7, 11) is 0. The summed E-state index contributed by atoms with van der Waals surface area (Å²) in [5, 5.41) is 9.84. The first-order valence-electron chi connectivity index (χ1n) is 4.84. The number of rotatable bonds is 1. The number of pyridine rings is 1. The summed E-state index contributed by atoms with van der Waals surface area (Å²) in [5.41, 5.74) is 7.37. The van der Waals surface area contributed by atoms with Gasteiger partial charge in [-0.25, -0.2) is 0 Å². The normalized spacial score (nSPS) is 10.1. The maximum Gasteiger partial charge on any atom is 0.101 e. The van der Waals surface area contributed by atoms with Gasteiger partial charge in [0.2, 0.25) is 0 Å². The van der Waals surface area contributed by atoms with E-state index in [1.807, 2.05) is 6.07 Å². The van der Waals surface area contributed by atoms with Crippen molar-refractivity contribution in [3.63, 3.8) is 0 Å². The Hall–Kier alpha value is -1.47. The smallest absolute Gasteiger partial charge is 0.101 e. The number of anilines is 1. The van der Waals surface area contributed by atoms with Crippen molar-refractivity contribution in [1.29, 1.82) is 5.26 Å². The fourth-order valence-corrected chi connectivity index (χ4v) is 2.07. The van der Waals surface area contributed by atoms with E-state index in [2.05, 4.69) is 4.98 Å². The number of hydrogen-bond acceptors (Lipinski definition) is 3. The van der Waals surface area contributed by atoms with Gasteiger partial charge < -0.3 is 5.73 Å². The third-order valence-electron chi connectivity index (χ3n) is 2.37. The predicted molar refractivity (Wildman–Crippen MR) is 73.8 cm³/mol. The molecule has 0 aliphatic rings. The van der Waals surface area contributed by atoms with Crippen LogP contribution in [0.1, 0.15) is 5.56 Å². The monoisotopic (exact) mass is 297 g/mol. The maximum absolute atomic E-state index is 8.92. The Morgan fingerprint density at radius 1 is 1.17 bits per heavy atom. The van der Waals surface area contributed by atoms with Gasteiger partial charge in [-0.3, -0.25) is 4.98 Å². The van der Waals surface area contributed by atoms with Crippen molar-refractivity contribution in [2.45, 2.75) is 0 Å². The molecule has 0 aliphatic heterocycles. The zero-order chi connectivity index (χ0) is 13.3. The van der Waals surface area contributed by atoms with E-state index in [-0.39, 0.29) is 5.02 Å². The number of nitrogens with two attached hydrogens (primary N) is 1. The number of nitrogen functional groups attached to an aromatic ring is 1. The molecule has 90 valence electrons. The third-order valence-corrected chi connectivity index (χ3v) is 3.66. The number of halogens is 3. The first kappa shape index (κ1) is 13.0. The van der Waals surface area contributed by atoms with Crippen molar-refractivity contribution in [2.75, 3.05) is 5.73 Å². The molecular weight excluding hydrogens is 293 g/mol. The molecular formula is C12H6Cl3N3. The lowest BCUT2D eigenvalue weighted by Crippen LogP contribution is -1.94. The summed E-state index contributed by atoms with van der Waals surface area (Å²) < 4.78 is 0. The van der Waals surface area contributed by atoms with Crippen LogP contribution in [0.15, 0.2) is 24.4 Å². The van der Waals surface area contributed by atoms with Crippen molar-refractivity contribution in [1.82, 2.24) is 4.98 Å². The van der Waals surface area contributed by atoms with Gasteiger partial charge >= 0.3 is 0 Å². The van der Waals surface area contributed by atoms with Crippen LogP contribution in [-0.4, -0.2) is 4.98 Å². The molecule has 0 atom stereocenters. The quantitative estimate of drug-likeness (QED) is 0.804. The van der Waals surface area contributed by atoms with Crippen LogP contribution in [0, 0.1) is 11.3 Å². The zero-order valence-corrected chi connectivity index (χ0v) is 11.2. The van der Waals surface area contributed by atoms with Gasteiger partial charge in [0.25, 0.3) is 0 Å². The fourth-order valence-electron chi connectivity index (χ4n) is 1.43. The summed E-state index contributed by atoms with van der Waals surface area (Å²) >= 11 is 17.9. The Kier molecular flexibility index (Phi) is 3.63. The topological polar surface area (TPSA) is 62.7 Å². The molecule has 0 bridgehead atoms. The number of aromatic nitrogens is 1. The second-order valence-corrected chi connectivity index (χ2v) is 4.65. The Bertz CT molecular complexity index is 662. The predicted octanol–water partition coefficient (Wildman–Crippen LogP) is 4.16. The summed E-state index contributed by atoms with van der Waals surface area (Å²) in [6.45, 7) is 0. The molecule has 2 N–H and O–H groups in total. The van der Waals surface area contributed by atoms with E-state index in [1.165, 1.54) is 6.20 Å². The van der Waals surface area contributed by atoms with E-state index in [1.54, 1.807) is 18.2 Å². The molecule has 2 aromatic rings. The molecule has 1 aromatic carbocycles. The van der Waals surface area contributed by atoms with Gasteiger partial charge in [0.05, 0.1) is 38.2 Å². The SMILES string of the molecule is N#Cc1cc(-c2ccc(Cl)c(Cl)c2Cl)ncc1N. The van der Waals surface area contributed by atoms with Crippen molar-refractivity contribution in [2.24, 2.45) is 0 Å². The molecule has 2 rings (SSSR count). The van der Waals surface area contributed by atoms with Crippen LogP contribution in [0.2, 0.25) is 15.1 Å². The molecule has 0 spiro atoms. The first-order chi connectivity index (χ1) is 8.54. The van der Waals surface area contributed by atoms with Crippen molar-refractivity contribution < 1.29 is 0 Å². The van der Waals surface area contributed by atoms with Crippen molar-refractivity contribution in [3.8, 4) is 17.3 Å². The molecule has 0 saturated carbocycles. The van der Waals surface area contributed by atoms with Gasteiger partial charge in [-0.15, -0.1) is 0 Å². The molecule has 0 unspecified atom stereocenters.